The van der Waals surface area contributed by atoms with Crippen molar-refractivity contribution in [1.29, 1.82) is 0 Å². The molecule has 0 radical (unpaired) electrons. The molecule has 6 heteroatoms. The number of hydrogen-bond donors (Lipinski definition) is 1. The first-order valence-corrected chi connectivity index (χ1v) is 7.80. The van der Waals surface area contributed by atoms with Crippen LogP contribution in [0.3, 0.4) is 0 Å². The van der Waals surface area contributed by atoms with Gasteiger partial charge in [-0.3, -0.25) is 4.21 Å². The number of para-hydroxylation sites is 1. The summed E-state index contributed by atoms with van der Waals surface area (Å²) in [6.45, 7) is 0. The molecule has 2 aromatic rings. The minimum Gasteiger partial charge on any atom is -0.369 e. The van der Waals surface area contributed by atoms with Crippen LogP contribution in [0.4, 0.5) is 5.95 Å². The van der Waals surface area contributed by atoms with Crippen molar-refractivity contribution in [2.45, 2.75) is 18.9 Å². The standard InChI is InChI=1S/C12H14ClN3OS/c13-9-2-1-3-10-11(9)15-12(14)16(10)8-4-6-18(17)7-5-8/h1-3,8H,4-7H2,(H2,14,15). The zero-order valence-electron chi connectivity index (χ0n) is 9.80. The van der Waals surface area contributed by atoms with Crippen LogP contribution in [0.25, 0.3) is 11.0 Å². The average Bonchev–Trinajstić information content (AvgIpc) is 2.69. The number of benzene rings is 1. The summed E-state index contributed by atoms with van der Waals surface area (Å²) in [7, 11) is -0.668. The lowest BCUT2D eigenvalue weighted by Gasteiger charge is -2.24. The maximum absolute atomic E-state index is 11.4. The van der Waals surface area contributed by atoms with Crippen LogP contribution in [0.5, 0.6) is 0 Å². The zero-order chi connectivity index (χ0) is 12.7. The predicted molar refractivity (Wildman–Crippen MR) is 75.3 cm³/mol. The molecule has 1 aromatic carbocycles. The predicted octanol–water partition coefficient (Wildman–Crippen LogP) is 2.36. The summed E-state index contributed by atoms with van der Waals surface area (Å²) in [4.78, 5) is 4.34. The average molecular weight is 284 g/mol. The normalized spacial score (nSPS) is 24.5. The molecule has 0 bridgehead atoms. The second kappa shape index (κ2) is 4.55. The third-order valence-electron chi connectivity index (χ3n) is 3.42. The first kappa shape index (κ1) is 12.0. The van der Waals surface area contributed by atoms with Crippen molar-refractivity contribution in [1.82, 2.24) is 9.55 Å². The van der Waals surface area contributed by atoms with E-state index in [1.807, 2.05) is 22.8 Å². The summed E-state index contributed by atoms with van der Waals surface area (Å²) in [6.07, 6.45) is 1.77. The quantitative estimate of drug-likeness (QED) is 0.874. The molecule has 1 aromatic heterocycles. The number of nitrogen functional groups attached to an aromatic ring is 1. The number of hydrogen-bond acceptors (Lipinski definition) is 3. The zero-order valence-corrected chi connectivity index (χ0v) is 11.4. The van der Waals surface area contributed by atoms with Crippen LogP contribution in [-0.4, -0.2) is 25.3 Å². The van der Waals surface area contributed by atoms with Gasteiger partial charge in [0.15, 0.2) is 0 Å². The highest BCUT2D eigenvalue weighted by atomic mass is 35.5. The Morgan fingerprint density at radius 3 is 2.83 bits per heavy atom. The van der Waals surface area contributed by atoms with Gasteiger partial charge >= 0.3 is 0 Å². The number of nitrogens with two attached hydrogens (primary N) is 1. The fourth-order valence-electron chi connectivity index (χ4n) is 2.52. The van der Waals surface area contributed by atoms with Crippen molar-refractivity contribution in [3.05, 3.63) is 23.2 Å². The second-order valence-electron chi connectivity index (χ2n) is 4.53. The molecule has 0 amide bonds. The molecule has 18 heavy (non-hydrogen) atoms. The number of aromatic nitrogens is 2. The van der Waals surface area contributed by atoms with Gasteiger partial charge in [-0.25, -0.2) is 4.98 Å². The molecule has 3 rings (SSSR count). The van der Waals surface area contributed by atoms with Crippen LogP contribution in [0.1, 0.15) is 18.9 Å². The summed E-state index contributed by atoms with van der Waals surface area (Å²) in [6, 6.07) is 5.99. The Bertz CT molecular complexity index is 615. The maximum atomic E-state index is 11.4. The van der Waals surface area contributed by atoms with Gasteiger partial charge in [0.1, 0.15) is 5.52 Å². The first-order valence-electron chi connectivity index (χ1n) is 5.93. The second-order valence-corrected chi connectivity index (χ2v) is 6.63. The summed E-state index contributed by atoms with van der Waals surface area (Å²) in [5.41, 5.74) is 7.73. The molecular formula is C12H14ClN3OS. The van der Waals surface area contributed by atoms with Crippen molar-refractivity contribution in [3.8, 4) is 0 Å². The molecule has 1 aliphatic heterocycles. The highest BCUT2D eigenvalue weighted by Crippen LogP contribution is 2.32. The maximum Gasteiger partial charge on any atom is 0.201 e. The third kappa shape index (κ3) is 1.91. The van der Waals surface area contributed by atoms with E-state index in [2.05, 4.69) is 4.98 Å². The fourth-order valence-corrected chi connectivity index (χ4v) is 4.01. The number of imidazole rings is 1. The summed E-state index contributed by atoms with van der Waals surface area (Å²) in [5, 5.41) is 0.623. The van der Waals surface area contributed by atoms with Crippen LogP contribution in [0.2, 0.25) is 5.02 Å². The Labute approximate surface area is 113 Å². The van der Waals surface area contributed by atoms with Crippen LogP contribution in [0, 0.1) is 0 Å². The van der Waals surface area contributed by atoms with Crippen molar-refractivity contribution in [3.63, 3.8) is 0 Å². The first-order chi connectivity index (χ1) is 8.66. The molecule has 1 aliphatic rings. The number of fused-ring (bicyclic) bond motifs is 1. The lowest BCUT2D eigenvalue weighted by atomic mass is 10.1. The van der Waals surface area contributed by atoms with Crippen molar-refractivity contribution in [2.75, 3.05) is 17.2 Å². The van der Waals surface area contributed by atoms with E-state index in [-0.39, 0.29) is 6.04 Å². The molecule has 96 valence electrons. The van der Waals surface area contributed by atoms with Crippen molar-refractivity contribution in [2.24, 2.45) is 0 Å². The molecule has 1 fully saturated rings. The van der Waals surface area contributed by atoms with E-state index in [0.717, 1.165) is 35.4 Å². The van der Waals surface area contributed by atoms with Gasteiger partial charge in [-0.15, -0.1) is 0 Å². The summed E-state index contributed by atoms with van der Waals surface area (Å²) >= 11 is 6.12. The highest BCUT2D eigenvalue weighted by molar-refractivity contribution is 7.85. The topological polar surface area (TPSA) is 60.9 Å². The fraction of sp³-hybridized carbons (Fsp3) is 0.417. The number of nitrogens with zero attached hydrogens (tertiary/aromatic N) is 2. The van der Waals surface area contributed by atoms with Gasteiger partial charge in [0.25, 0.3) is 0 Å². The molecule has 0 atom stereocenters. The SMILES string of the molecule is Nc1nc2c(Cl)cccc2n1C1CCS(=O)CC1. The molecular weight excluding hydrogens is 270 g/mol. The lowest BCUT2D eigenvalue weighted by Crippen LogP contribution is -2.22. The monoisotopic (exact) mass is 283 g/mol. The Morgan fingerprint density at radius 2 is 2.11 bits per heavy atom. The molecule has 0 unspecified atom stereocenters. The van der Waals surface area contributed by atoms with Crippen LogP contribution < -0.4 is 5.73 Å². The number of halogens is 1. The van der Waals surface area contributed by atoms with Gasteiger partial charge in [-0.1, -0.05) is 17.7 Å². The highest BCUT2D eigenvalue weighted by Gasteiger charge is 2.23. The molecule has 2 heterocycles. The largest absolute Gasteiger partial charge is 0.369 e. The number of rotatable bonds is 1. The van der Waals surface area contributed by atoms with E-state index in [1.165, 1.54) is 0 Å². The Kier molecular flexibility index (Phi) is 3.03. The molecule has 0 aliphatic carbocycles. The van der Waals surface area contributed by atoms with Crippen molar-refractivity contribution < 1.29 is 4.21 Å². The lowest BCUT2D eigenvalue weighted by molar-refractivity contribution is 0.478. The van der Waals surface area contributed by atoms with E-state index in [9.17, 15) is 4.21 Å². The van der Waals surface area contributed by atoms with Crippen LogP contribution in [0.15, 0.2) is 18.2 Å². The van der Waals surface area contributed by atoms with Gasteiger partial charge in [0.05, 0.1) is 10.5 Å². The Balaban J connectivity index is 2.08. The van der Waals surface area contributed by atoms with E-state index < -0.39 is 10.8 Å². The smallest absolute Gasteiger partial charge is 0.201 e. The summed E-state index contributed by atoms with van der Waals surface area (Å²) in [5.74, 6) is 1.98. The molecule has 2 N–H and O–H groups in total. The minimum atomic E-state index is -0.668. The summed E-state index contributed by atoms with van der Waals surface area (Å²) < 4.78 is 13.5. The van der Waals surface area contributed by atoms with E-state index in [1.54, 1.807) is 0 Å². The Morgan fingerprint density at radius 1 is 1.39 bits per heavy atom. The molecule has 0 saturated carbocycles. The molecule has 4 nitrogen and oxygen atoms in total. The Hall–Kier alpha value is -1.07. The third-order valence-corrected chi connectivity index (χ3v) is 5.11. The van der Waals surface area contributed by atoms with Crippen LogP contribution >= 0.6 is 11.6 Å². The van der Waals surface area contributed by atoms with Crippen LogP contribution in [-0.2, 0) is 10.8 Å². The van der Waals surface area contributed by atoms with Gasteiger partial charge in [-0.2, -0.15) is 0 Å². The van der Waals surface area contributed by atoms with Gasteiger partial charge in [0, 0.05) is 28.3 Å². The number of anilines is 1. The van der Waals surface area contributed by atoms with Gasteiger partial charge in [0.2, 0.25) is 5.95 Å². The van der Waals surface area contributed by atoms with E-state index in [4.69, 9.17) is 17.3 Å². The van der Waals surface area contributed by atoms with E-state index in [0.29, 0.717) is 11.0 Å². The van der Waals surface area contributed by atoms with Gasteiger partial charge < -0.3 is 10.3 Å². The van der Waals surface area contributed by atoms with Crippen molar-refractivity contribution >= 4 is 39.4 Å². The molecule has 1 saturated heterocycles. The minimum absolute atomic E-state index is 0.283. The molecule has 0 spiro atoms. The van der Waals surface area contributed by atoms with E-state index >= 15 is 0 Å². The van der Waals surface area contributed by atoms with Gasteiger partial charge in [-0.05, 0) is 25.0 Å².